The first-order valence-corrected chi connectivity index (χ1v) is 6.88. The maximum Gasteiger partial charge on any atom is 0.333 e. The van der Waals surface area contributed by atoms with Crippen LogP contribution in [0.25, 0.3) is 16.6 Å². The minimum absolute atomic E-state index is 0.320. The molecule has 3 rings (SSSR count). The third kappa shape index (κ3) is 2.00. The normalized spacial score (nSPS) is 10.9. The number of aryl methyl sites for hydroxylation is 1. The van der Waals surface area contributed by atoms with Gasteiger partial charge in [-0.25, -0.2) is 9.36 Å². The van der Waals surface area contributed by atoms with Gasteiger partial charge in [-0.2, -0.15) is 0 Å². The van der Waals surface area contributed by atoms with Gasteiger partial charge in [0, 0.05) is 4.47 Å². The van der Waals surface area contributed by atoms with Crippen molar-refractivity contribution in [2.24, 2.45) is 0 Å². The first kappa shape index (κ1) is 12.9. The molecule has 0 radical (unpaired) electrons. The third-order valence-corrected chi connectivity index (χ3v) is 3.74. The lowest BCUT2D eigenvalue weighted by molar-refractivity contribution is 0.900. The van der Waals surface area contributed by atoms with Crippen LogP contribution in [-0.4, -0.2) is 9.55 Å². The molecule has 5 heteroatoms. The van der Waals surface area contributed by atoms with Gasteiger partial charge < -0.3 is 4.98 Å². The predicted octanol–water partition coefficient (Wildman–Crippen LogP) is 2.75. The number of benzene rings is 2. The fraction of sp³-hybridized carbons (Fsp3) is 0.0667. The minimum atomic E-state index is -0.446. The maximum absolute atomic E-state index is 12.6. The highest BCUT2D eigenvalue weighted by molar-refractivity contribution is 9.10. The molecule has 1 heterocycles. The van der Waals surface area contributed by atoms with Gasteiger partial charge in [0.1, 0.15) is 0 Å². The fourth-order valence-electron chi connectivity index (χ4n) is 2.23. The van der Waals surface area contributed by atoms with Crippen LogP contribution in [-0.2, 0) is 0 Å². The standard InChI is InChI=1S/C15H11BrN2O2/c1-9-7-11-13(12(16)8-9)17-15(20)18(14(11)19)10-5-3-2-4-6-10/h2-8H,1H3,(H,17,20). The molecule has 20 heavy (non-hydrogen) atoms. The highest BCUT2D eigenvalue weighted by atomic mass is 79.9. The summed E-state index contributed by atoms with van der Waals surface area (Å²) in [5.74, 6) is 0. The van der Waals surface area contributed by atoms with Gasteiger partial charge in [-0.05, 0) is 52.7 Å². The molecule has 0 fully saturated rings. The van der Waals surface area contributed by atoms with Crippen molar-refractivity contribution in [1.29, 1.82) is 0 Å². The Bertz CT molecular complexity index is 911. The molecule has 0 aliphatic heterocycles. The van der Waals surface area contributed by atoms with Crippen molar-refractivity contribution in [3.05, 3.63) is 73.3 Å². The Balaban J connectivity index is 2.47. The van der Waals surface area contributed by atoms with Crippen LogP contribution in [0.5, 0.6) is 0 Å². The first-order chi connectivity index (χ1) is 9.58. The van der Waals surface area contributed by atoms with Crippen molar-refractivity contribution in [3.8, 4) is 5.69 Å². The summed E-state index contributed by atoms with van der Waals surface area (Å²) in [6.07, 6.45) is 0. The molecule has 0 spiro atoms. The molecule has 1 N–H and O–H groups in total. The first-order valence-electron chi connectivity index (χ1n) is 6.08. The summed E-state index contributed by atoms with van der Waals surface area (Å²) in [5.41, 5.74) is 1.27. The molecule has 0 bridgehead atoms. The van der Waals surface area contributed by atoms with E-state index in [1.165, 1.54) is 0 Å². The summed E-state index contributed by atoms with van der Waals surface area (Å²) in [4.78, 5) is 27.5. The molecule has 4 nitrogen and oxygen atoms in total. The number of fused-ring (bicyclic) bond motifs is 1. The largest absolute Gasteiger partial charge is 0.333 e. The molecule has 0 saturated carbocycles. The molecule has 0 aliphatic carbocycles. The van der Waals surface area contributed by atoms with Gasteiger partial charge in [-0.15, -0.1) is 0 Å². The summed E-state index contributed by atoms with van der Waals surface area (Å²) in [6.45, 7) is 1.90. The summed E-state index contributed by atoms with van der Waals surface area (Å²) < 4.78 is 1.86. The van der Waals surface area contributed by atoms with Gasteiger partial charge in [-0.1, -0.05) is 18.2 Å². The second kappa shape index (κ2) is 4.76. The van der Waals surface area contributed by atoms with E-state index in [1.807, 2.05) is 19.1 Å². The number of hydrogen-bond acceptors (Lipinski definition) is 2. The van der Waals surface area contributed by atoms with E-state index >= 15 is 0 Å². The molecule has 0 saturated heterocycles. The summed E-state index contributed by atoms with van der Waals surface area (Å²) in [7, 11) is 0. The van der Waals surface area contributed by atoms with Crippen molar-refractivity contribution in [3.63, 3.8) is 0 Å². The van der Waals surface area contributed by atoms with Gasteiger partial charge in [-0.3, -0.25) is 4.79 Å². The number of nitrogens with one attached hydrogen (secondary N) is 1. The van der Waals surface area contributed by atoms with Crippen LogP contribution >= 0.6 is 15.9 Å². The number of nitrogens with zero attached hydrogens (tertiary/aromatic N) is 1. The predicted molar refractivity (Wildman–Crippen MR) is 82.6 cm³/mol. The highest BCUT2D eigenvalue weighted by Crippen LogP contribution is 2.21. The van der Waals surface area contributed by atoms with Crippen LogP contribution in [0.3, 0.4) is 0 Å². The Morgan fingerprint density at radius 1 is 1.10 bits per heavy atom. The van der Waals surface area contributed by atoms with E-state index < -0.39 is 5.69 Å². The zero-order chi connectivity index (χ0) is 14.3. The smallest absolute Gasteiger partial charge is 0.305 e. The number of hydrogen-bond donors (Lipinski definition) is 1. The fourth-order valence-corrected chi connectivity index (χ4v) is 2.90. The van der Waals surface area contributed by atoms with Crippen LogP contribution in [0.2, 0.25) is 0 Å². The summed E-state index contributed by atoms with van der Waals surface area (Å²) in [5, 5.41) is 0.486. The summed E-state index contributed by atoms with van der Waals surface area (Å²) >= 11 is 3.38. The zero-order valence-electron chi connectivity index (χ0n) is 10.7. The van der Waals surface area contributed by atoms with E-state index in [1.54, 1.807) is 30.3 Å². The van der Waals surface area contributed by atoms with E-state index in [4.69, 9.17) is 0 Å². The number of rotatable bonds is 1. The third-order valence-electron chi connectivity index (χ3n) is 3.12. The summed E-state index contributed by atoms with van der Waals surface area (Å²) in [6, 6.07) is 12.5. The van der Waals surface area contributed by atoms with E-state index in [-0.39, 0.29) is 5.56 Å². The lowest BCUT2D eigenvalue weighted by Crippen LogP contribution is -2.33. The van der Waals surface area contributed by atoms with Crippen molar-refractivity contribution in [2.75, 3.05) is 0 Å². The Morgan fingerprint density at radius 3 is 2.50 bits per heavy atom. The van der Waals surface area contributed by atoms with Gasteiger partial charge in [0.05, 0.1) is 16.6 Å². The molecule has 0 unspecified atom stereocenters. The monoisotopic (exact) mass is 330 g/mol. The minimum Gasteiger partial charge on any atom is -0.305 e. The van der Waals surface area contributed by atoms with Crippen LogP contribution in [0.4, 0.5) is 0 Å². The van der Waals surface area contributed by atoms with Crippen LogP contribution in [0.15, 0.2) is 56.5 Å². The lowest BCUT2D eigenvalue weighted by atomic mass is 10.1. The average Bonchev–Trinajstić information content (AvgIpc) is 2.42. The Hall–Kier alpha value is -2.14. The average molecular weight is 331 g/mol. The molecule has 0 aliphatic rings. The van der Waals surface area contributed by atoms with Crippen molar-refractivity contribution in [2.45, 2.75) is 6.92 Å². The van der Waals surface area contributed by atoms with Gasteiger partial charge in [0.15, 0.2) is 0 Å². The highest BCUT2D eigenvalue weighted by Gasteiger charge is 2.11. The molecule has 100 valence electrons. The van der Waals surface area contributed by atoms with E-state index in [0.717, 1.165) is 10.1 Å². The molecule has 0 atom stereocenters. The molecular weight excluding hydrogens is 320 g/mol. The van der Waals surface area contributed by atoms with Crippen LogP contribution in [0.1, 0.15) is 5.56 Å². The zero-order valence-corrected chi connectivity index (χ0v) is 12.3. The van der Waals surface area contributed by atoms with Crippen LogP contribution < -0.4 is 11.2 Å². The van der Waals surface area contributed by atoms with E-state index in [0.29, 0.717) is 21.1 Å². The van der Waals surface area contributed by atoms with Crippen molar-refractivity contribution in [1.82, 2.24) is 9.55 Å². The van der Waals surface area contributed by atoms with E-state index in [2.05, 4.69) is 20.9 Å². The van der Waals surface area contributed by atoms with Gasteiger partial charge in [0.25, 0.3) is 5.56 Å². The van der Waals surface area contributed by atoms with Gasteiger partial charge >= 0.3 is 5.69 Å². The second-order valence-corrected chi connectivity index (χ2v) is 5.43. The second-order valence-electron chi connectivity index (χ2n) is 4.58. The molecule has 0 amide bonds. The lowest BCUT2D eigenvalue weighted by Gasteiger charge is -2.08. The Morgan fingerprint density at radius 2 is 1.80 bits per heavy atom. The molecule has 2 aromatic carbocycles. The molecular formula is C15H11BrN2O2. The number of para-hydroxylation sites is 1. The Kier molecular flexibility index (Phi) is 3.06. The molecule has 1 aromatic heterocycles. The number of aromatic nitrogens is 2. The van der Waals surface area contributed by atoms with Gasteiger partial charge in [0.2, 0.25) is 0 Å². The topological polar surface area (TPSA) is 54.9 Å². The number of aromatic amines is 1. The quantitative estimate of drug-likeness (QED) is 0.745. The number of H-pyrrole nitrogens is 1. The van der Waals surface area contributed by atoms with Crippen molar-refractivity contribution >= 4 is 26.8 Å². The number of halogens is 1. The van der Waals surface area contributed by atoms with Crippen LogP contribution in [0, 0.1) is 6.92 Å². The molecule has 3 aromatic rings. The Labute approximate surface area is 122 Å². The SMILES string of the molecule is Cc1cc(Br)c2[nH]c(=O)n(-c3ccccc3)c(=O)c2c1. The van der Waals surface area contributed by atoms with Crippen molar-refractivity contribution < 1.29 is 0 Å². The maximum atomic E-state index is 12.6. The van der Waals surface area contributed by atoms with E-state index in [9.17, 15) is 9.59 Å².